The van der Waals surface area contributed by atoms with E-state index in [-0.39, 0.29) is 35.2 Å². The molecule has 1 N–H and O–H groups in total. The highest BCUT2D eigenvalue weighted by Crippen LogP contribution is 2.51. The van der Waals surface area contributed by atoms with Crippen molar-refractivity contribution in [2.75, 3.05) is 44.6 Å². The van der Waals surface area contributed by atoms with Crippen LogP contribution in [-0.2, 0) is 34.3 Å². The van der Waals surface area contributed by atoms with Crippen molar-refractivity contribution >= 4 is 39.8 Å². The molecule has 2 heterocycles. The van der Waals surface area contributed by atoms with Crippen LogP contribution in [0.4, 0.5) is 5.13 Å². The second-order valence-electron chi connectivity index (χ2n) is 9.83. The molecule has 1 saturated heterocycles. The summed E-state index contributed by atoms with van der Waals surface area (Å²) in [5, 5.41) is 4.77. The first kappa shape index (κ1) is 31.1. The lowest BCUT2D eigenvalue weighted by molar-refractivity contribution is -0.120. The lowest BCUT2D eigenvalue weighted by Gasteiger charge is -2.37. The molecule has 0 radical (unpaired) electrons. The first-order chi connectivity index (χ1) is 19.4. The number of carbonyl (C=O) groups excluding carboxylic acids is 1. The van der Waals surface area contributed by atoms with Crippen LogP contribution in [0.15, 0.2) is 52.7 Å². The molecule has 3 aromatic rings. The van der Waals surface area contributed by atoms with Crippen LogP contribution in [0.2, 0.25) is 0 Å². The van der Waals surface area contributed by atoms with Crippen LogP contribution in [0.25, 0.3) is 0 Å². The van der Waals surface area contributed by atoms with Crippen LogP contribution in [0.3, 0.4) is 0 Å². The van der Waals surface area contributed by atoms with E-state index in [1.54, 1.807) is 37.4 Å². The average Bonchev–Trinajstić information content (AvgIpc) is 3.32. The Morgan fingerprint density at radius 3 is 2.32 bits per heavy atom. The number of anilines is 1. The molecule has 0 aliphatic carbocycles. The van der Waals surface area contributed by atoms with Gasteiger partial charge in [0.1, 0.15) is 17.2 Å². The second kappa shape index (κ2) is 13.0. The van der Waals surface area contributed by atoms with Gasteiger partial charge in [-0.25, -0.2) is 13.4 Å². The van der Waals surface area contributed by atoms with Crippen molar-refractivity contribution < 1.29 is 41.0 Å². The van der Waals surface area contributed by atoms with E-state index < -0.39 is 23.3 Å². The Bertz CT molecular complexity index is 1510. The minimum absolute atomic E-state index is 0.0109. The number of carbonyl (C=O) groups is 1. The monoisotopic (exact) mass is 624 g/mol. The summed E-state index contributed by atoms with van der Waals surface area (Å²) < 4.78 is 64.4. The third kappa shape index (κ3) is 8.60. The highest BCUT2D eigenvalue weighted by Gasteiger charge is 2.34. The molecule has 4 rings (SSSR count). The van der Waals surface area contributed by atoms with Gasteiger partial charge in [0, 0.05) is 28.7 Å². The van der Waals surface area contributed by atoms with Crippen molar-refractivity contribution in [1.29, 1.82) is 0 Å². The molecule has 1 aliphatic heterocycles. The van der Waals surface area contributed by atoms with Crippen LogP contribution < -0.4 is 14.8 Å². The lowest BCUT2D eigenvalue weighted by Crippen LogP contribution is -2.44. The van der Waals surface area contributed by atoms with Gasteiger partial charge in [-0.15, -0.1) is 11.3 Å². The van der Waals surface area contributed by atoms with E-state index in [1.807, 2.05) is 6.92 Å². The van der Waals surface area contributed by atoms with Gasteiger partial charge in [0.05, 0.1) is 49.8 Å². The minimum atomic E-state index is -3.35. The van der Waals surface area contributed by atoms with E-state index >= 15 is 0 Å². The number of aromatic nitrogens is 1. The van der Waals surface area contributed by atoms with E-state index in [1.165, 1.54) is 35.6 Å². The fourth-order valence-corrected chi connectivity index (χ4v) is 6.92. The highest BCUT2D eigenvalue weighted by atomic mass is 32.2. The largest absolute Gasteiger partial charge is 0.493 e. The van der Waals surface area contributed by atoms with E-state index in [2.05, 4.69) is 10.3 Å². The molecule has 0 atom stereocenters. The SMILES string of the molecule is CCOP(=O)(Cc1csc(NC(=O)c2cc(OCC3(C)COC3)cc(Oc3ccc(S(C)(=O)=O)cc3)c2)n1)OCC. The van der Waals surface area contributed by atoms with Gasteiger partial charge in [-0.1, -0.05) is 6.92 Å². The van der Waals surface area contributed by atoms with Gasteiger partial charge in [0.2, 0.25) is 0 Å². The van der Waals surface area contributed by atoms with E-state index in [0.29, 0.717) is 47.9 Å². The Morgan fingerprint density at radius 2 is 1.73 bits per heavy atom. The summed E-state index contributed by atoms with van der Waals surface area (Å²) in [5.41, 5.74) is 0.608. The van der Waals surface area contributed by atoms with E-state index in [9.17, 15) is 17.8 Å². The maximum absolute atomic E-state index is 13.2. The van der Waals surface area contributed by atoms with E-state index in [0.717, 1.165) is 6.26 Å². The smallest absolute Gasteiger partial charge is 0.336 e. The number of thiazole rings is 1. The Hall–Kier alpha value is -2.80. The summed E-state index contributed by atoms with van der Waals surface area (Å²) in [6.45, 7) is 7.53. The molecular formula is C27H33N2O9PS2. The molecule has 41 heavy (non-hydrogen) atoms. The van der Waals surface area contributed by atoms with Crippen LogP contribution >= 0.6 is 18.9 Å². The molecule has 1 amide bonds. The zero-order chi connectivity index (χ0) is 29.7. The molecule has 2 aromatic carbocycles. The molecule has 1 fully saturated rings. The van der Waals surface area contributed by atoms with Crippen LogP contribution in [0.1, 0.15) is 36.8 Å². The molecule has 0 bridgehead atoms. The summed E-state index contributed by atoms with van der Waals surface area (Å²) in [7, 11) is -6.70. The van der Waals surface area contributed by atoms with Crippen LogP contribution in [-0.4, -0.2) is 58.6 Å². The van der Waals surface area contributed by atoms with Crippen molar-refractivity contribution in [1.82, 2.24) is 4.98 Å². The van der Waals surface area contributed by atoms with Gasteiger partial charge in [-0.05, 0) is 50.2 Å². The number of benzene rings is 2. The molecule has 14 heteroatoms. The normalized spacial score (nSPS) is 14.7. The molecule has 0 unspecified atom stereocenters. The Morgan fingerprint density at radius 1 is 1.07 bits per heavy atom. The number of hydrogen-bond donors (Lipinski definition) is 1. The quantitative estimate of drug-likeness (QED) is 0.220. The van der Waals surface area contributed by atoms with Gasteiger partial charge >= 0.3 is 7.60 Å². The minimum Gasteiger partial charge on any atom is -0.493 e. The molecule has 0 spiro atoms. The number of nitrogens with zero attached hydrogens (tertiary/aromatic N) is 1. The molecule has 1 aromatic heterocycles. The number of rotatable bonds is 14. The zero-order valence-corrected chi connectivity index (χ0v) is 25.8. The predicted molar refractivity (Wildman–Crippen MR) is 155 cm³/mol. The molecular weight excluding hydrogens is 591 g/mol. The number of sulfone groups is 1. The summed E-state index contributed by atoms with van der Waals surface area (Å²) in [6, 6.07) is 10.8. The van der Waals surface area contributed by atoms with Crippen LogP contribution in [0.5, 0.6) is 17.2 Å². The summed E-state index contributed by atoms with van der Waals surface area (Å²) in [6.07, 6.45) is 1.12. The van der Waals surface area contributed by atoms with Crippen molar-refractivity contribution in [3.8, 4) is 17.2 Å². The van der Waals surface area contributed by atoms with Crippen molar-refractivity contribution in [3.05, 3.63) is 59.1 Å². The average molecular weight is 625 g/mol. The number of amides is 1. The molecule has 11 nitrogen and oxygen atoms in total. The first-order valence-electron chi connectivity index (χ1n) is 12.9. The topological polar surface area (TPSA) is 139 Å². The maximum Gasteiger partial charge on any atom is 0.336 e. The molecule has 0 saturated carbocycles. The van der Waals surface area contributed by atoms with Crippen LogP contribution in [0, 0.1) is 5.41 Å². The standard InChI is InChI=1S/C27H33N2O9PS2/c1-5-36-39(31,37-6-2)14-20-15-40-26(28-20)29-25(30)19-11-22(35-18-27(3)16-34-17-27)13-23(12-19)38-21-7-9-24(10-8-21)41(4,32)33/h7-13,15H,5-6,14,16-18H2,1-4H3,(H,28,29,30). The fraction of sp³-hybridized carbons (Fsp3) is 0.407. The van der Waals surface area contributed by atoms with Gasteiger partial charge in [0.25, 0.3) is 5.91 Å². The van der Waals surface area contributed by atoms with Gasteiger partial charge in [0.15, 0.2) is 15.0 Å². The zero-order valence-electron chi connectivity index (χ0n) is 23.2. The van der Waals surface area contributed by atoms with Gasteiger partial charge in [-0.2, -0.15) is 0 Å². The summed E-state index contributed by atoms with van der Waals surface area (Å²) in [4.78, 5) is 17.8. The van der Waals surface area contributed by atoms with E-state index in [4.69, 9.17) is 23.3 Å². The lowest BCUT2D eigenvalue weighted by atomic mass is 9.90. The van der Waals surface area contributed by atoms with Crippen molar-refractivity contribution in [3.63, 3.8) is 0 Å². The third-order valence-corrected chi connectivity index (χ3v) is 9.85. The number of nitrogens with one attached hydrogen (secondary N) is 1. The van der Waals surface area contributed by atoms with Gasteiger partial charge < -0.3 is 23.3 Å². The first-order valence-corrected chi connectivity index (χ1v) is 17.4. The Balaban J connectivity index is 1.53. The fourth-order valence-electron chi connectivity index (χ4n) is 3.85. The summed E-state index contributed by atoms with van der Waals surface area (Å²) in [5.74, 6) is 0.675. The number of hydrogen-bond acceptors (Lipinski definition) is 11. The third-order valence-electron chi connectivity index (χ3n) is 5.90. The maximum atomic E-state index is 13.2. The Labute approximate surface area is 243 Å². The second-order valence-corrected chi connectivity index (χ2v) is 14.8. The predicted octanol–water partition coefficient (Wildman–Crippen LogP) is 5.77. The van der Waals surface area contributed by atoms with Crippen molar-refractivity contribution in [2.24, 2.45) is 5.41 Å². The molecule has 222 valence electrons. The van der Waals surface area contributed by atoms with Gasteiger partial charge in [-0.3, -0.25) is 14.7 Å². The highest BCUT2D eigenvalue weighted by molar-refractivity contribution is 7.90. The van der Waals surface area contributed by atoms with Crippen molar-refractivity contribution in [2.45, 2.75) is 31.8 Å². The Kier molecular flexibility index (Phi) is 9.89. The number of ether oxygens (including phenoxy) is 3. The summed E-state index contributed by atoms with van der Waals surface area (Å²) >= 11 is 1.19. The molecule has 1 aliphatic rings.